The van der Waals surface area contributed by atoms with Crippen molar-refractivity contribution in [2.75, 3.05) is 0 Å². The molecule has 114 valence electrons. The van der Waals surface area contributed by atoms with Crippen LogP contribution in [0.2, 0.25) is 0 Å². The van der Waals surface area contributed by atoms with Gasteiger partial charge in [0.05, 0.1) is 4.90 Å². The molecular weight excluding hydrogens is 380 g/mol. The van der Waals surface area contributed by atoms with Crippen molar-refractivity contribution in [2.45, 2.75) is 9.99 Å². The fraction of sp³-hybridized carbons (Fsp3) is 0. The van der Waals surface area contributed by atoms with Crippen molar-refractivity contribution in [2.24, 2.45) is 0 Å². The maximum absolute atomic E-state index is 12.7. The third-order valence-corrected chi connectivity index (χ3v) is 5.28. The van der Waals surface area contributed by atoms with E-state index in [4.69, 9.17) is 4.42 Å². The van der Waals surface area contributed by atoms with Gasteiger partial charge in [0.25, 0.3) is 5.09 Å². The maximum Gasteiger partial charge on any atom is 0.261 e. The van der Waals surface area contributed by atoms with Crippen LogP contribution in [0.25, 0.3) is 11.5 Å². The van der Waals surface area contributed by atoms with E-state index in [-0.39, 0.29) is 16.5 Å². The van der Waals surface area contributed by atoms with Gasteiger partial charge in [-0.3, -0.25) is 0 Å². The normalized spacial score (nSPS) is 11.1. The predicted molar refractivity (Wildman–Crippen MR) is 86.2 cm³/mol. The summed E-state index contributed by atoms with van der Waals surface area (Å²) in [6, 6.07) is 16.7. The summed E-state index contributed by atoms with van der Waals surface area (Å²) in [5, 5.41) is 8.75. The van der Waals surface area contributed by atoms with Gasteiger partial charge in [-0.05, 0) is 36.4 Å². The van der Waals surface area contributed by atoms with Gasteiger partial charge in [-0.25, -0.2) is 8.42 Å². The molecule has 0 spiro atoms. The van der Waals surface area contributed by atoms with Crippen LogP contribution in [0.4, 0.5) is 0 Å². The predicted octanol–water partition coefficient (Wildman–Crippen LogP) is 3.81. The summed E-state index contributed by atoms with van der Waals surface area (Å²) < 4.78 is 31.5. The van der Waals surface area contributed by atoms with E-state index in [1.807, 2.05) is 6.07 Å². The standard InChI is InChI=1S/C16H9BrN2O3S/c17-12-6-8-13(9-7-12)23(20,21)16-14(10-18)19-15(22-16)11-4-2-1-3-5-11/h1-9H. The molecule has 1 heterocycles. The first-order chi connectivity index (χ1) is 11.0. The van der Waals surface area contributed by atoms with Gasteiger partial charge in [0.1, 0.15) is 6.07 Å². The number of aromatic nitrogens is 1. The molecule has 0 saturated carbocycles. The molecule has 2 aromatic carbocycles. The first-order valence-corrected chi connectivity index (χ1v) is 8.77. The van der Waals surface area contributed by atoms with Crippen LogP contribution < -0.4 is 0 Å². The van der Waals surface area contributed by atoms with E-state index in [2.05, 4.69) is 20.9 Å². The molecule has 0 bridgehead atoms. The summed E-state index contributed by atoms with van der Waals surface area (Å²) in [5.41, 5.74) is 0.341. The van der Waals surface area contributed by atoms with Crippen molar-refractivity contribution in [1.82, 2.24) is 4.98 Å². The monoisotopic (exact) mass is 388 g/mol. The van der Waals surface area contributed by atoms with Crippen molar-refractivity contribution in [3.8, 4) is 17.5 Å². The molecule has 23 heavy (non-hydrogen) atoms. The quantitative estimate of drug-likeness (QED) is 0.680. The van der Waals surface area contributed by atoms with E-state index in [1.54, 1.807) is 42.5 Å². The van der Waals surface area contributed by atoms with Gasteiger partial charge >= 0.3 is 0 Å². The number of sulfone groups is 1. The molecule has 0 fully saturated rings. The molecular formula is C16H9BrN2O3S. The Morgan fingerprint density at radius 1 is 1.04 bits per heavy atom. The highest BCUT2D eigenvalue weighted by Crippen LogP contribution is 2.29. The van der Waals surface area contributed by atoms with Crippen LogP contribution in [-0.4, -0.2) is 13.4 Å². The number of rotatable bonds is 3. The summed E-state index contributed by atoms with van der Waals surface area (Å²) in [6.07, 6.45) is 0. The third kappa shape index (κ3) is 2.91. The molecule has 0 N–H and O–H groups in total. The van der Waals surface area contributed by atoms with Gasteiger partial charge in [0, 0.05) is 10.0 Å². The SMILES string of the molecule is N#Cc1nc(-c2ccccc2)oc1S(=O)(=O)c1ccc(Br)cc1. The van der Waals surface area contributed by atoms with Crippen molar-refractivity contribution in [3.63, 3.8) is 0 Å². The molecule has 0 amide bonds. The summed E-state index contributed by atoms with van der Waals surface area (Å²) in [4.78, 5) is 4.03. The number of hydrogen-bond acceptors (Lipinski definition) is 5. The van der Waals surface area contributed by atoms with Gasteiger partial charge in [0.15, 0.2) is 5.69 Å². The van der Waals surface area contributed by atoms with E-state index < -0.39 is 14.9 Å². The van der Waals surface area contributed by atoms with Gasteiger partial charge in [-0.2, -0.15) is 10.2 Å². The lowest BCUT2D eigenvalue weighted by Gasteiger charge is -2.01. The van der Waals surface area contributed by atoms with E-state index in [0.29, 0.717) is 5.56 Å². The minimum absolute atomic E-state index is 0.0351. The zero-order valence-electron chi connectivity index (χ0n) is 11.6. The van der Waals surface area contributed by atoms with Gasteiger partial charge < -0.3 is 4.42 Å². The summed E-state index contributed by atoms with van der Waals surface area (Å²) in [6.45, 7) is 0. The zero-order chi connectivity index (χ0) is 16.4. The average molecular weight is 389 g/mol. The van der Waals surface area contributed by atoms with Gasteiger partial charge in [-0.15, -0.1) is 0 Å². The van der Waals surface area contributed by atoms with Crippen LogP contribution in [0.15, 0.2) is 73.5 Å². The molecule has 1 aromatic heterocycles. The van der Waals surface area contributed by atoms with Crippen LogP contribution in [0, 0.1) is 11.3 Å². The number of halogens is 1. The fourth-order valence-electron chi connectivity index (χ4n) is 1.98. The molecule has 0 unspecified atom stereocenters. The smallest absolute Gasteiger partial charge is 0.261 e. The van der Waals surface area contributed by atoms with Crippen LogP contribution in [0.5, 0.6) is 0 Å². The molecule has 5 nitrogen and oxygen atoms in total. The molecule has 0 aliphatic carbocycles. The topological polar surface area (TPSA) is 84.0 Å². The highest BCUT2D eigenvalue weighted by Gasteiger charge is 2.28. The van der Waals surface area contributed by atoms with Crippen LogP contribution in [-0.2, 0) is 9.84 Å². The second kappa shape index (κ2) is 5.99. The van der Waals surface area contributed by atoms with Crippen molar-refractivity contribution >= 4 is 25.8 Å². The Morgan fingerprint density at radius 2 is 1.70 bits per heavy atom. The number of nitriles is 1. The number of nitrogens with zero attached hydrogens (tertiary/aromatic N) is 2. The molecule has 0 aliphatic heterocycles. The summed E-state index contributed by atoms with van der Waals surface area (Å²) >= 11 is 3.25. The van der Waals surface area contributed by atoms with Crippen molar-refractivity contribution in [1.29, 1.82) is 5.26 Å². The fourth-order valence-corrected chi connectivity index (χ4v) is 3.49. The molecule has 3 rings (SSSR count). The van der Waals surface area contributed by atoms with Crippen LogP contribution in [0.3, 0.4) is 0 Å². The molecule has 0 atom stereocenters. The lowest BCUT2D eigenvalue weighted by molar-refractivity contribution is 0.457. The number of benzene rings is 2. The zero-order valence-corrected chi connectivity index (χ0v) is 14.0. The summed E-state index contributed by atoms with van der Waals surface area (Å²) in [7, 11) is -3.96. The first kappa shape index (κ1) is 15.5. The van der Waals surface area contributed by atoms with Gasteiger partial charge in [-0.1, -0.05) is 34.1 Å². The first-order valence-electron chi connectivity index (χ1n) is 6.49. The molecule has 0 aliphatic rings. The number of oxazole rings is 1. The number of hydrogen-bond donors (Lipinski definition) is 0. The molecule has 0 radical (unpaired) electrons. The molecule has 7 heteroatoms. The van der Waals surface area contributed by atoms with Gasteiger partial charge in [0.2, 0.25) is 15.7 Å². The lowest BCUT2D eigenvalue weighted by Crippen LogP contribution is -2.02. The highest BCUT2D eigenvalue weighted by molar-refractivity contribution is 9.10. The minimum Gasteiger partial charge on any atom is -0.423 e. The summed E-state index contributed by atoms with van der Waals surface area (Å²) in [5.74, 6) is 0.0952. The van der Waals surface area contributed by atoms with E-state index in [1.165, 1.54) is 12.1 Å². The highest BCUT2D eigenvalue weighted by atomic mass is 79.9. The van der Waals surface area contributed by atoms with E-state index >= 15 is 0 Å². The second-order valence-corrected chi connectivity index (χ2v) is 7.36. The van der Waals surface area contributed by atoms with E-state index in [9.17, 15) is 13.7 Å². The van der Waals surface area contributed by atoms with Crippen LogP contribution >= 0.6 is 15.9 Å². The average Bonchev–Trinajstić information content (AvgIpc) is 3.01. The molecule has 3 aromatic rings. The Labute approximate surface area is 141 Å². The largest absolute Gasteiger partial charge is 0.423 e. The Balaban J connectivity index is 2.14. The Bertz CT molecular complexity index is 988. The second-order valence-electron chi connectivity index (χ2n) is 4.59. The Morgan fingerprint density at radius 3 is 2.30 bits per heavy atom. The van der Waals surface area contributed by atoms with Crippen LogP contribution in [0.1, 0.15) is 5.69 Å². The maximum atomic E-state index is 12.7. The van der Waals surface area contributed by atoms with Crippen molar-refractivity contribution < 1.29 is 12.8 Å². The Kier molecular flexibility index (Phi) is 4.03. The minimum atomic E-state index is -3.96. The Hall–Kier alpha value is -2.43. The van der Waals surface area contributed by atoms with Crippen molar-refractivity contribution in [3.05, 3.63) is 64.8 Å². The third-order valence-electron chi connectivity index (χ3n) is 3.09. The lowest BCUT2D eigenvalue weighted by atomic mass is 10.2. The van der Waals surface area contributed by atoms with E-state index in [0.717, 1.165) is 4.47 Å². The molecule has 0 saturated heterocycles.